The Kier molecular flexibility index (Phi) is 5.70. The third-order valence-corrected chi connectivity index (χ3v) is 5.86. The van der Waals surface area contributed by atoms with Crippen molar-refractivity contribution in [3.63, 3.8) is 0 Å². The summed E-state index contributed by atoms with van der Waals surface area (Å²) in [5.41, 5.74) is 4.01. The predicted octanol–water partition coefficient (Wildman–Crippen LogP) is 4.73. The highest BCUT2D eigenvalue weighted by atomic mass is 16.2. The van der Waals surface area contributed by atoms with Crippen LogP contribution in [0.1, 0.15) is 30.1 Å². The molecule has 2 N–H and O–H groups in total. The molecule has 7 nitrogen and oxygen atoms in total. The number of aromatic nitrogens is 4. The van der Waals surface area contributed by atoms with E-state index in [1.54, 1.807) is 6.20 Å². The maximum atomic E-state index is 13.0. The number of hydrogen-bond acceptors (Lipinski definition) is 3. The Hall–Kier alpha value is -3.87. The van der Waals surface area contributed by atoms with Crippen LogP contribution in [0.3, 0.4) is 0 Å². The van der Waals surface area contributed by atoms with E-state index in [1.807, 2.05) is 70.5 Å². The van der Waals surface area contributed by atoms with Gasteiger partial charge in [0.15, 0.2) is 0 Å². The molecule has 2 amide bonds. The number of rotatable bonds is 5. The van der Waals surface area contributed by atoms with Gasteiger partial charge in [0.05, 0.1) is 18.4 Å². The van der Waals surface area contributed by atoms with Gasteiger partial charge in [-0.05, 0) is 42.2 Å². The zero-order valence-electron chi connectivity index (χ0n) is 17.8. The van der Waals surface area contributed by atoms with Crippen LogP contribution in [0, 0.1) is 0 Å². The molecule has 162 valence electrons. The number of piperidine rings is 1. The highest BCUT2D eigenvalue weighted by Crippen LogP contribution is 2.27. The van der Waals surface area contributed by atoms with E-state index >= 15 is 0 Å². The van der Waals surface area contributed by atoms with E-state index in [0.29, 0.717) is 13.1 Å². The molecule has 2 aromatic heterocycles. The number of anilines is 1. The van der Waals surface area contributed by atoms with Gasteiger partial charge in [0.1, 0.15) is 5.82 Å². The first-order chi connectivity index (χ1) is 15.7. The summed E-state index contributed by atoms with van der Waals surface area (Å²) in [6, 6.07) is 19.9. The Morgan fingerprint density at radius 3 is 2.88 bits per heavy atom. The summed E-state index contributed by atoms with van der Waals surface area (Å²) in [7, 11) is 0. The van der Waals surface area contributed by atoms with Crippen molar-refractivity contribution in [2.24, 2.45) is 0 Å². The zero-order chi connectivity index (χ0) is 21.8. The average molecular weight is 427 g/mol. The normalized spacial score (nSPS) is 16.1. The molecule has 0 radical (unpaired) electrons. The van der Waals surface area contributed by atoms with Crippen molar-refractivity contribution in [3.8, 4) is 11.3 Å². The summed E-state index contributed by atoms with van der Waals surface area (Å²) in [6.07, 6.45) is 7.55. The van der Waals surface area contributed by atoms with Crippen LogP contribution >= 0.6 is 0 Å². The average Bonchev–Trinajstić information content (AvgIpc) is 3.53. The van der Waals surface area contributed by atoms with Crippen molar-refractivity contribution in [2.75, 3.05) is 18.4 Å². The Morgan fingerprint density at radius 2 is 2.03 bits per heavy atom. The molecule has 2 aromatic carbocycles. The van der Waals surface area contributed by atoms with E-state index in [4.69, 9.17) is 0 Å². The maximum absolute atomic E-state index is 13.0. The molecule has 0 saturated carbocycles. The molecule has 1 atom stereocenters. The van der Waals surface area contributed by atoms with Gasteiger partial charge < -0.3 is 15.2 Å². The van der Waals surface area contributed by atoms with Crippen LogP contribution in [0.2, 0.25) is 0 Å². The number of nitrogens with zero attached hydrogens (tertiary/aromatic N) is 4. The highest BCUT2D eigenvalue weighted by Gasteiger charge is 2.26. The van der Waals surface area contributed by atoms with Gasteiger partial charge in [-0.3, -0.25) is 4.68 Å². The van der Waals surface area contributed by atoms with Gasteiger partial charge in [0, 0.05) is 37.1 Å². The Balaban J connectivity index is 1.23. The van der Waals surface area contributed by atoms with E-state index in [-0.39, 0.29) is 11.9 Å². The second-order valence-corrected chi connectivity index (χ2v) is 8.17. The van der Waals surface area contributed by atoms with Crippen LogP contribution < -0.4 is 5.32 Å². The molecule has 0 aliphatic carbocycles. The molecule has 1 aliphatic rings. The lowest BCUT2D eigenvalue weighted by molar-refractivity contribution is 0.191. The topological polar surface area (TPSA) is 78.8 Å². The van der Waals surface area contributed by atoms with Gasteiger partial charge in [-0.25, -0.2) is 9.78 Å². The SMILES string of the molecule is O=C(Nc1cccc(Cn2cccn2)c1)N1CCC[C@@H](c2ncc(-c3ccccc3)[nH]2)C1. The smallest absolute Gasteiger partial charge is 0.321 e. The number of urea groups is 1. The standard InChI is InChI=1S/C25H26N6O/c32-25(28-22-11-4-7-19(15-22)17-31-14-6-12-27-31)30-13-5-10-21(18-30)24-26-16-23(29-24)20-8-2-1-3-9-20/h1-4,6-9,11-12,14-16,21H,5,10,13,17-18H2,(H,26,29)(H,28,32)/t21-/m1/s1. The molecule has 1 saturated heterocycles. The molecule has 0 spiro atoms. The van der Waals surface area contributed by atoms with Crippen molar-refractivity contribution >= 4 is 11.7 Å². The molecule has 0 bridgehead atoms. The number of aromatic amines is 1. The van der Waals surface area contributed by atoms with Gasteiger partial charge in [-0.15, -0.1) is 0 Å². The van der Waals surface area contributed by atoms with Crippen LogP contribution in [0.4, 0.5) is 10.5 Å². The van der Waals surface area contributed by atoms with Gasteiger partial charge in [0.2, 0.25) is 0 Å². The molecule has 7 heteroatoms. The molecule has 3 heterocycles. The number of carbonyl (C=O) groups excluding carboxylic acids is 1. The number of H-pyrrole nitrogens is 1. The van der Waals surface area contributed by atoms with Crippen molar-refractivity contribution in [2.45, 2.75) is 25.3 Å². The first kappa shape index (κ1) is 20.1. The summed E-state index contributed by atoms with van der Waals surface area (Å²) in [4.78, 5) is 22.9. The highest BCUT2D eigenvalue weighted by molar-refractivity contribution is 5.89. The summed E-state index contributed by atoms with van der Waals surface area (Å²) in [5.74, 6) is 1.15. The molecule has 4 aromatic rings. The summed E-state index contributed by atoms with van der Waals surface area (Å²) < 4.78 is 1.86. The predicted molar refractivity (Wildman–Crippen MR) is 124 cm³/mol. The van der Waals surface area contributed by atoms with Crippen LogP contribution in [0.15, 0.2) is 79.3 Å². The van der Waals surface area contributed by atoms with Crippen molar-refractivity contribution < 1.29 is 4.79 Å². The van der Waals surface area contributed by atoms with Gasteiger partial charge in [-0.2, -0.15) is 5.10 Å². The second-order valence-electron chi connectivity index (χ2n) is 8.17. The van der Waals surface area contributed by atoms with Crippen LogP contribution in [0.25, 0.3) is 11.3 Å². The number of likely N-dealkylation sites (tertiary alicyclic amines) is 1. The molecule has 1 fully saturated rings. The summed E-state index contributed by atoms with van der Waals surface area (Å²) in [6.45, 7) is 2.08. The first-order valence-corrected chi connectivity index (χ1v) is 11.0. The largest absolute Gasteiger partial charge is 0.342 e. The summed E-state index contributed by atoms with van der Waals surface area (Å²) in [5, 5.41) is 7.31. The lowest BCUT2D eigenvalue weighted by Crippen LogP contribution is -2.41. The molecule has 32 heavy (non-hydrogen) atoms. The number of benzene rings is 2. The Morgan fingerprint density at radius 1 is 1.12 bits per heavy atom. The van der Waals surface area contributed by atoms with Crippen LogP contribution in [-0.4, -0.2) is 43.8 Å². The van der Waals surface area contributed by atoms with Crippen molar-refractivity contribution in [3.05, 3.63) is 90.6 Å². The third-order valence-electron chi connectivity index (χ3n) is 5.86. The van der Waals surface area contributed by atoms with E-state index in [0.717, 1.165) is 47.7 Å². The number of hydrogen-bond donors (Lipinski definition) is 2. The minimum Gasteiger partial charge on any atom is -0.342 e. The fraction of sp³-hybridized carbons (Fsp3) is 0.240. The Bertz CT molecular complexity index is 1170. The monoisotopic (exact) mass is 426 g/mol. The van der Waals surface area contributed by atoms with E-state index in [2.05, 4.69) is 32.5 Å². The molecule has 0 unspecified atom stereocenters. The molecular weight excluding hydrogens is 400 g/mol. The molecule has 5 rings (SSSR count). The summed E-state index contributed by atoms with van der Waals surface area (Å²) >= 11 is 0. The molecular formula is C25H26N6O. The quantitative estimate of drug-likeness (QED) is 0.484. The van der Waals surface area contributed by atoms with E-state index in [9.17, 15) is 4.79 Å². The van der Waals surface area contributed by atoms with Gasteiger partial charge in [-0.1, -0.05) is 42.5 Å². The number of nitrogens with one attached hydrogen (secondary N) is 2. The number of amides is 2. The minimum absolute atomic E-state index is 0.0687. The van der Waals surface area contributed by atoms with Crippen LogP contribution in [0.5, 0.6) is 0 Å². The second kappa shape index (κ2) is 9.09. The van der Waals surface area contributed by atoms with Gasteiger partial charge in [0.25, 0.3) is 0 Å². The fourth-order valence-electron chi connectivity index (χ4n) is 4.22. The number of carbonyl (C=O) groups is 1. The first-order valence-electron chi connectivity index (χ1n) is 11.0. The fourth-order valence-corrected chi connectivity index (χ4v) is 4.22. The molecule has 1 aliphatic heterocycles. The van der Waals surface area contributed by atoms with E-state index < -0.39 is 0 Å². The zero-order valence-corrected chi connectivity index (χ0v) is 17.8. The lowest BCUT2D eigenvalue weighted by Gasteiger charge is -2.32. The minimum atomic E-state index is -0.0687. The van der Waals surface area contributed by atoms with Gasteiger partial charge >= 0.3 is 6.03 Å². The van der Waals surface area contributed by atoms with Crippen molar-refractivity contribution in [1.82, 2.24) is 24.6 Å². The Labute approximate surface area is 187 Å². The maximum Gasteiger partial charge on any atom is 0.321 e. The van der Waals surface area contributed by atoms with Crippen LogP contribution in [-0.2, 0) is 6.54 Å². The van der Waals surface area contributed by atoms with Crippen molar-refractivity contribution in [1.29, 1.82) is 0 Å². The lowest BCUT2D eigenvalue weighted by atomic mass is 9.97. The van der Waals surface area contributed by atoms with E-state index in [1.165, 1.54) is 0 Å². The number of imidazole rings is 1. The third kappa shape index (κ3) is 4.56.